The fourth-order valence-electron chi connectivity index (χ4n) is 9.83. The van der Waals surface area contributed by atoms with Crippen LogP contribution in [0.4, 0.5) is 17.1 Å². The van der Waals surface area contributed by atoms with Crippen molar-refractivity contribution >= 4 is 59.3 Å². The van der Waals surface area contributed by atoms with Crippen molar-refractivity contribution in [2.24, 2.45) is 0 Å². The number of hydrogen-bond donors (Lipinski definition) is 0. The fraction of sp³-hybridized carbons (Fsp3) is 0.132. The van der Waals surface area contributed by atoms with Gasteiger partial charge in [0.15, 0.2) is 0 Å². The van der Waals surface area contributed by atoms with E-state index < -0.39 is 0 Å². The lowest BCUT2D eigenvalue weighted by Gasteiger charge is -2.29. The average molecular weight is 724 g/mol. The summed E-state index contributed by atoms with van der Waals surface area (Å²) in [5, 5.41) is 5.25. The number of thiophene rings is 1. The normalized spacial score (nSPS) is 15.3. The second kappa shape index (κ2) is 12.5. The lowest BCUT2D eigenvalue weighted by molar-refractivity contribution is 0.629. The van der Waals surface area contributed by atoms with Gasteiger partial charge in [-0.25, -0.2) is 0 Å². The first-order chi connectivity index (χ1) is 27.0. The first kappa shape index (κ1) is 32.5. The molecule has 11 rings (SSSR count). The summed E-state index contributed by atoms with van der Waals surface area (Å²) < 4.78 is 2.74. The number of anilines is 3. The zero-order valence-electron chi connectivity index (χ0n) is 31.2. The molecule has 0 spiro atoms. The van der Waals surface area contributed by atoms with E-state index in [0.29, 0.717) is 5.92 Å². The van der Waals surface area contributed by atoms with Gasteiger partial charge in [0.2, 0.25) is 0 Å². The summed E-state index contributed by atoms with van der Waals surface area (Å²) in [6, 6.07) is 64.1. The Balaban J connectivity index is 1.04. The van der Waals surface area contributed by atoms with Crippen LogP contribution in [0.2, 0.25) is 0 Å². The van der Waals surface area contributed by atoms with Crippen LogP contribution in [0.15, 0.2) is 170 Å². The number of hydrogen-bond acceptors (Lipinski definition) is 2. The quantitative estimate of drug-likeness (QED) is 0.171. The van der Waals surface area contributed by atoms with E-state index >= 15 is 0 Å². The molecule has 2 aliphatic rings. The Kier molecular flexibility index (Phi) is 7.41. The highest BCUT2D eigenvalue weighted by Gasteiger charge is 2.35. The maximum absolute atomic E-state index is 2.50. The van der Waals surface area contributed by atoms with Crippen LogP contribution in [0.1, 0.15) is 54.0 Å². The van der Waals surface area contributed by atoms with Crippen molar-refractivity contribution < 1.29 is 0 Å². The Morgan fingerprint density at radius 1 is 0.545 bits per heavy atom. The van der Waals surface area contributed by atoms with Gasteiger partial charge in [-0.1, -0.05) is 135 Å². The number of benzene rings is 8. The minimum atomic E-state index is -0.0394. The lowest BCUT2D eigenvalue weighted by Crippen LogP contribution is -2.15. The van der Waals surface area contributed by atoms with E-state index in [0.717, 1.165) is 19.3 Å². The molecule has 55 heavy (non-hydrogen) atoms. The summed E-state index contributed by atoms with van der Waals surface area (Å²) in [4.78, 5) is 2.50. The molecule has 8 aromatic carbocycles. The molecule has 0 saturated heterocycles. The van der Waals surface area contributed by atoms with E-state index in [1.807, 2.05) is 11.3 Å². The van der Waals surface area contributed by atoms with Crippen LogP contribution in [-0.2, 0) is 18.3 Å². The van der Waals surface area contributed by atoms with Gasteiger partial charge in [0.05, 0.1) is 5.69 Å². The van der Waals surface area contributed by atoms with Crippen molar-refractivity contribution in [2.75, 3.05) is 4.90 Å². The Bertz CT molecular complexity index is 2960. The summed E-state index contributed by atoms with van der Waals surface area (Å²) in [5.74, 6) is 0.434. The van der Waals surface area contributed by atoms with Crippen LogP contribution >= 0.6 is 11.3 Å². The van der Waals surface area contributed by atoms with Crippen LogP contribution in [0, 0.1) is 0 Å². The van der Waals surface area contributed by atoms with E-state index in [2.05, 4.69) is 189 Å². The Labute approximate surface area is 327 Å². The van der Waals surface area contributed by atoms with Gasteiger partial charge < -0.3 is 4.90 Å². The van der Waals surface area contributed by atoms with Gasteiger partial charge in [-0.15, -0.1) is 11.3 Å². The van der Waals surface area contributed by atoms with Crippen molar-refractivity contribution in [2.45, 2.75) is 44.4 Å². The van der Waals surface area contributed by atoms with E-state index in [1.54, 1.807) is 0 Å². The predicted octanol–water partition coefficient (Wildman–Crippen LogP) is 14.9. The minimum absolute atomic E-state index is 0.0394. The largest absolute Gasteiger partial charge is 0.310 e. The molecule has 0 bridgehead atoms. The molecule has 1 unspecified atom stereocenters. The molecule has 0 aliphatic heterocycles. The van der Waals surface area contributed by atoms with Gasteiger partial charge in [0.1, 0.15) is 0 Å². The smallest absolute Gasteiger partial charge is 0.0540 e. The van der Waals surface area contributed by atoms with Crippen molar-refractivity contribution in [1.82, 2.24) is 0 Å². The fourth-order valence-corrected chi connectivity index (χ4v) is 10.9. The molecule has 2 aliphatic carbocycles. The van der Waals surface area contributed by atoms with Gasteiger partial charge in [0, 0.05) is 42.3 Å². The maximum Gasteiger partial charge on any atom is 0.0540 e. The van der Waals surface area contributed by atoms with Gasteiger partial charge in [0.25, 0.3) is 0 Å². The molecule has 9 aromatic rings. The molecule has 2 heteroatoms. The topological polar surface area (TPSA) is 3.24 Å². The highest BCUT2D eigenvalue weighted by molar-refractivity contribution is 7.25. The van der Waals surface area contributed by atoms with Crippen molar-refractivity contribution in [3.8, 4) is 22.3 Å². The third kappa shape index (κ3) is 5.19. The summed E-state index contributed by atoms with van der Waals surface area (Å²) in [7, 11) is 0. The zero-order valence-corrected chi connectivity index (χ0v) is 32.0. The number of aryl methyl sites for hydroxylation is 1. The van der Waals surface area contributed by atoms with Crippen molar-refractivity contribution in [3.63, 3.8) is 0 Å². The highest BCUT2D eigenvalue weighted by atomic mass is 32.1. The predicted molar refractivity (Wildman–Crippen MR) is 236 cm³/mol. The number of fused-ring (bicyclic) bond motifs is 10. The molecule has 0 N–H and O–H groups in total. The Morgan fingerprint density at radius 2 is 1.24 bits per heavy atom. The summed E-state index contributed by atoms with van der Waals surface area (Å²) in [6.45, 7) is 4.72. The first-order valence-electron chi connectivity index (χ1n) is 19.7. The van der Waals surface area contributed by atoms with Crippen molar-refractivity contribution in [1.29, 1.82) is 0 Å². The van der Waals surface area contributed by atoms with Crippen LogP contribution in [0.5, 0.6) is 0 Å². The third-order valence-electron chi connectivity index (χ3n) is 12.6. The number of rotatable bonds is 5. The molecule has 0 fully saturated rings. The SMILES string of the molecule is CC1(C)c2ccccc2-c2cc(N(c3ccc4c(c3)-c3ccccc3C(Cc3ccc5sc6ccccc6c5c3)CC4)c3cccc4ccccc34)ccc21. The molecule has 0 saturated carbocycles. The van der Waals surface area contributed by atoms with Crippen LogP contribution in [-0.4, -0.2) is 0 Å². The van der Waals surface area contributed by atoms with Gasteiger partial charge in [-0.2, -0.15) is 0 Å². The molecule has 1 atom stereocenters. The standard InChI is InChI=1S/C53H41NS/c1-53(2)48-19-9-7-17-43(48)46-33-39(27-28-49(46)53)54(50-20-11-13-35-12-3-4-15-41(35)50)38-26-25-36-23-24-37(40-14-5-6-16-42(40)45(36)32-38)30-34-22-29-52-47(31-34)44-18-8-10-21-51(44)55-52/h3-22,25-29,31-33,37H,23-24,30H2,1-2H3. The molecule has 1 heterocycles. The molecular formula is C53H41NS. The molecule has 0 amide bonds. The van der Waals surface area contributed by atoms with Gasteiger partial charge in [-0.05, 0) is 129 Å². The Hall–Kier alpha value is -5.96. The van der Waals surface area contributed by atoms with Crippen LogP contribution in [0.25, 0.3) is 53.2 Å². The average Bonchev–Trinajstić information content (AvgIpc) is 3.65. The molecule has 0 radical (unpaired) electrons. The van der Waals surface area contributed by atoms with Crippen LogP contribution < -0.4 is 4.90 Å². The molecule has 1 aromatic heterocycles. The Morgan fingerprint density at radius 3 is 2.15 bits per heavy atom. The third-order valence-corrected chi connectivity index (χ3v) is 13.7. The molecule has 1 nitrogen and oxygen atoms in total. The van der Waals surface area contributed by atoms with Crippen molar-refractivity contribution in [3.05, 3.63) is 198 Å². The minimum Gasteiger partial charge on any atom is -0.310 e. The monoisotopic (exact) mass is 723 g/mol. The zero-order chi connectivity index (χ0) is 36.7. The summed E-state index contributed by atoms with van der Waals surface area (Å²) >= 11 is 1.90. The van der Waals surface area contributed by atoms with E-state index in [9.17, 15) is 0 Å². The van der Waals surface area contributed by atoms with E-state index in [4.69, 9.17) is 0 Å². The number of nitrogens with zero attached hydrogens (tertiary/aromatic N) is 1. The molecule has 264 valence electrons. The summed E-state index contributed by atoms with van der Waals surface area (Å²) in [5.41, 5.74) is 16.0. The van der Waals surface area contributed by atoms with Gasteiger partial charge >= 0.3 is 0 Å². The molecular weight excluding hydrogens is 683 g/mol. The second-order valence-corrected chi connectivity index (χ2v) is 17.1. The van der Waals surface area contributed by atoms with Gasteiger partial charge in [-0.3, -0.25) is 0 Å². The second-order valence-electron chi connectivity index (χ2n) is 16.0. The highest BCUT2D eigenvalue weighted by Crippen LogP contribution is 2.51. The van der Waals surface area contributed by atoms with E-state index in [-0.39, 0.29) is 5.41 Å². The first-order valence-corrected chi connectivity index (χ1v) is 20.5. The van der Waals surface area contributed by atoms with Crippen LogP contribution in [0.3, 0.4) is 0 Å². The lowest BCUT2D eigenvalue weighted by atomic mass is 9.82. The summed E-state index contributed by atoms with van der Waals surface area (Å²) in [6.07, 6.45) is 3.21. The maximum atomic E-state index is 2.50. The van der Waals surface area contributed by atoms with E-state index in [1.165, 1.54) is 98.1 Å².